The molecule has 0 aromatic carbocycles. The molecule has 2 atom stereocenters. The smallest absolute Gasteiger partial charge is 0.255 e. The largest absolute Gasteiger partial charge is 0.396 e. The lowest BCUT2D eigenvalue weighted by atomic mass is 10.1. The predicted molar refractivity (Wildman–Crippen MR) is 71.7 cm³/mol. The first kappa shape index (κ1) is 13.6. The molecule has 0 saturated heterocycles. The van der Waals surface area contributed by atoms with Crippen LogP contribution in [-0.2, 0) is 0 Å². The summed E-state index contributed by atoms with van der Waals surface area (Å²) in [5.74, 6) is -0.478. The number of carbonyl (C=O) groups excluding carboxylic acids is 1. The van der Waals surface area contributed by atoms with Gasteiger partial charge in [-0.05, 0) is 6.42 Å². The Bertz CT molecular complexity index is 534. The summed E-state index contributed by atoms with van der Waals surface area (Å²) in [7, 11) is 0. The van der Waals surface area contributed by atoms with Crippen LogP contribution in [0, 0.1) is 5.92 Å². The van der Waals surface area contributed by atoms with E-state index in [0.29, 0.717) is 6.42 Å². The lowest BCUT2D eigenvalue weighted by Gasteiger charge is -2.16. The van der Waals surface area contributed by atoms with Crippen LogP contribution in [0.5, 0.6) is 0 Å². The molecule has 2 rings (SSSR count). The number of nitrogens with zero attached hydrogens (tertiary/aromatic N) is 2. The van der Waals surface area contributed by atoms with Crippen LogP contribution in [0.3, 0.4) is 0 Å². The van der Waals surface area contributed by atoms with E-state index in [0.717, 1.165) is 0 Å². The van der Waals surface area contributed by atoms with Crippen LogP contribution < -0.4 is 16.8 Å². The summed E-state index contributed by atoms with van der Waals surface area (Å²) in [6.45, 7) is 0.0734. The Morgan fingerprint density at radius 3 is 2.84 bits per heavy atom. The number of hydrogen-bond acceptors (Lipinski definition) is 6. The first-order valence-corrected chi connectivity index (χ1v) is 6.07. The molecule has 0 bridgehead atoms. The third kappa shape index (κ3) is 2.94. The highest BCUT2D eigenvalue weighted by Gasteiger charge is 2.22. The maximum Gasteiger partial charge on any atom is 0.255 e. The van der Waals surface area contributed by atoms with Gasteiger partial charge in [-0.1, -0.05) is 23.8 Å². The highest BCUT2D eigenvalue weighted by Crippen LogP contribution is 2.25. The quantitative estimate of drug-likeness (QED) is 0.460. The van der Waals surface area contributed by atoms with Crippen LogP contribution in [0.15, 0.2) is 12.2 Å². The van der Waals surface area contributed by atoms with Crippen molar-refractivity contribution in [1.29, 1.82) is 0 Å². The van der Waals surface area contributed by atoms with Gasteiger partial charge in [0.1, 0.15) is 16.5 Å². The SMILES string of the molecule is NC(=O)c1c(Cl)nc(N)nc1N[C@H]1C=C[C@@H](CO)C1. The molecule has 102 valence electrons. The van der Waals surface area contributed by atoms with Gasteiger partial charge in [0.05, 0.1) is 0 Å². The van der Waals surface area contributed by atoms with Crippen molar-refractivity contribution in [2.45, 2.75) is 12.5 Å². The number of rotatable bonds is 4. The second kappa shape index (κ2) is 5.41. The molecule has 8 heteroatoms. The van der Waals surface area contributed by atoms with Gasteiger partial charge in [0.2, 0.25) is 5.95 Å². The Labute approximate surface area is 114 Å². The van der Waals surface area contributed by atoms with Gasteiger partial charge in [0.15, 0.2) is 0 Å². The van der Waals surface area contributed by atoms with E-state index in [-0.39, 0.29) is 41.0 Å². The third-order valence-corrected chi connectivity index (χ3v) is 3.13. The first-order valence-electron chi connectivity index (χ1n) is 5.69. The minimum Gasteiger partial charge on any atom is -0.396 e. The minimum absolute atomic E-state index is 0.0108. The van der Waals surface area contributed by atoms with Crippen LogP contribution in [-0.4, -0.2) is 33.6 Å². The van der Waals surface area contributed by atoms with Crippen molar-refractivity contribution in [3.8, 4) is 0 Å². The molecule has 1 aromatic heterocycles. The molecule has 1 amide bonds. The number of aliphatic hydroxyl groups excluding tert-OH is 1. The van der Waals surface area contributed by atoms with Crippen LogP contribution in [0.25, 0.3) is 0 Å². The lowest BCUT2D eigenvalue weighted by Crippen LogP contribution is -2.23. The van der Waals surface area contributed by atoms with Gasteiger partial charge in [0.25, 0.3) is 5.91 Å². The predicted octanol–water partition coefficient (Wildman–Crippen LogP) is 0.160. The molecule has 0 aliphatic heterocycles. The van der Waals surface area contributed by atoms with Crippen molar-refractivity contribution in [1.82, 2.24) is 9.97 Å². The maximum absolute atomic E-state index is 11.4. The second-order valence-electron chi connectivity index (χ2n) is 4.27. The van der Waals surface area contributed by atoms with Crippen molar-refractivity contribution in [3.63, 3.8) is 0 Å². The Morgan fingerprint density at radius 2 is 2.26 bits per heavy atom. The molecular formula is C11H14ClN5O2. The molecule has 1 aliphatic carbocycles. The molecule has 1 aliphatic rings. The van der Waals surface area contributed by atoms with E-state index in [9.17, 15) is 4.79 Å². The number of hydrogen-bond donors (Lipinski definition) is 4. The van der Waals surface area contributed by atoms with Crippen molar-refractivity contribution < 1.29 is 9.90 Å². The highest BCUT2D eigenvalue weighted by atomic mass is 35.5. The van der Waals surface area contributed by atoms with Gasteiger partial charge in [-0.25, -0.2) is 4.98 Å². The number of nitrogens with two attached hydrogens (primary N) is 2. The summed E-state index contributed by atoms with van der Waals surface area (Å²) in [5.41, 5.74) is 10.8. The van der Waals surface area contributed by atoms with Crippen LogP contribution in [0.2, 0.25) is 5.15 Å². The molecule has 7 nitrogen and oxygen atoms in total. The molecular weight excluding hydrogens is 270 g/mol. The molecule has 0 spiro atoms. The highest BCUT2D eigenvalue weighted by molar-refractivity contribution is 6.33. The average Bonchev–Trinajstić information content (AvgIpc) is 2.75. The summed E-state index contributed by atoms with van der Waals surface area (Å²) >= 11 is 5.84. The van der Waals surface area contributed by atoms with Crippen LogP contribution in [0.1, 0.15) is 16.8 Å². The number of aliphatic hydroxyl groups is 1. The fourth-order valence-electron chi connectivity index (χ4n) is 1.97. The fourth-order valence-corrected chi connectivity index (χ4v) is 2.23. The first-order chi connectivity index (χ1) is 9.01. The van der Waals surface area contributed by atoms with Gasteiger partial charge >= 0.3 is 0 Å². The standard InChI is InChI=1S/C11H14ClN5O2/c12-8-7(9(13)19)10(17-11(14)16-8)15-6-2-1-5(3-6)4-18/h1-2,5-6,18H,3-4H2,(H2,13,19)(H3,14,15,16,17)/t5-,6+/m1/s1. The third-order valence-electron chi connectivity index (χ3n) is 2.86. The van der Waals surface area contributed by atoms with Crippen molar-refractivity contribution in [2.75, 3.05) is 17.7 Å². The Morgan fingerprint density at radius 1 is 1.53 bits per heavy atom. The zero-order chi connectivity index (χ0) is 14.0. The number of anilines is 2. The minimum atomic E-state index is -0.729. The topological polar surface area (TPSA) is 127 Å². The molecule has 1 heterocycles. The van der Waals surface area contributed by atoms with Gasteiger partial charge in [0, 0.05) is 18.6 Å². The summed E-state index contributed by atoms with van der Waals surface area (Å²) in [4.78, 5) is 19.0. The fraction of sp³-hybridized carbons (Fsp3) is 0.364. The number of primary amides is 1. The number of amides is 1. The van der Waals surface area contributed by atoms with Crippen LogP contribution in [0.4, 0.5) is 11.8 Å². The molecule has 6 N–H and O–H groups in total. The molecule has 19 heavy (non-hydrogen) atoms. The summed E-state index contributed by atoms with van der Waals surface area (Å²) in [6, 6.07) is -0.0689. The Balaban J connectivity index is 2.25. The number of carbonyl (C=O) groups is 1. The lowest BCUT2D eigenvalue weighted by molar-refractivity contribution is 0.100. The Kier molecular flexibility index (Phi) is 3.87. The monoisotopic (exact) mass is 283 g/mol. The number of nitrogen functional groups attached to an aromatic ring is 1. The van der Waals surface area contributed by atoms with Crippen molar-refractivity contribution >= 4 is 29.3 Å². The molecule has 0 unspecified atom stereocenters. The van der Waals surface area contributed by atoms with E-state index in [1.165, 1.54) is 0 Å². The van der Waals surface area contributed by atoms with E-state index in [1.807, 2.05) is 12.2 Å². The maximum atomic E-state index is 11.4. The van der Waals surface area contributed by atoms with E-state index < -0.39 is 5.91 Å². The van der Waals surface area contributed by atoms with E-state index in [1.54, 1.807) is 0 Å². The van der Waals surface area contributed by atoms with Gasteiger partial charge in [-0.3, -0.25) is 4.79 Å². The van der Waals surface area contributed by atoms with Gasteiger partial charge in [-0.2, -0.15) is 4.98 Å². The normalized spacial score (nSPS) is 21.6. The van der Waals surface area contributed by atoms with Crippen molar-refractivity contribution in [2.24, 2.45) is 11.7 Å². The number of halogens is 1. The summed E-state index contributed by atoms with van der Waals surface area (Å²) < 4.78 is 0. The Hall–Kier alpha value is -1.86. The van der Waals surface area contributed by atoms with Crippen molar-refractivity contribution in [3.05, 3.63) is 22.9 Å². The van der Waals surface area contributed by atoms with Crippen LogP contribution >= 0.6 is 11.6 Å². The molecule has 1 aromatic rings. The zero-order valence-electron chi connectivity index (χ0n) is 10.0. The van der Waals surface area contributed by atoms with E-state index >= 15 is 0 Å². The van der Waals surface area contributed by atoms with Gasteiger partial charge < -0.3 is 21.9 Å². The van der Waals surface area contributed by atoms with Gasteiger partial charge in [-0.15, -0.1) is 0 Å². The average molecular weight is 284 g/mol. The molecule has 0 radical (unpaired) electrons. The summed E-state index contributed by atoms with van der Waals surface area (Å²) in [6.07, 6.45) is 4.47. The number of nitrogens with one attached hydrogen (secondary N) is 1. The van der Waals surface area contributed by atoms with E-state index in [2.05, 4.69) is 15.3 Å². The summed E-state index contributed by atoms with van der Waals surface area (Å²) in [5, 5.41) is 12.0. The molecule has 0 saturated carbocycles. The van der Waals surface area contributed by atoms with E-state index in [4.69, 9.17) is 28.2 Å². The number of aromatic nitrogens is 2. The zero-order valence-corrected chi connectivity index (χ0v) is 10.8. The molecule has 0 fully saturated rings. The second-order valence-corrected chi connectivity index (χ2v) is 4.63.